The Kier molecular flexibility index (Phi) is 4.58. The molecule has 4 rings (SSSR count). The van der Waals surface area contributed by atoms with Crippen LogP contribution in [0.2, 0.25) is 0 Å². The van der Waals surface area contributed by atoms with Crippen LogP contribution in [0.3, 0.4) is 0 Å². The van der Waals surface area contributed by atoms with Crippen LogP contribution in [0.25, 0.3) is 11.4 Å². The van der Waals surface area contributed by atoms with Gasteiger partial charge in [0.1, 0.15) is 11.6 Å². The molecule has 1 saturated heterocycles. The summed E-state index contributed by atoms with van der Waals surface area (Å²) in [6.07, 6.45) is 2.62. The smallest absolute Gasteiger partial charge is 0.251 e. The SMILES string of the molecule is O=c1cc(-c2ccccn2)nc([C@H]2CCN(Cc3ccc(F)cc3)C2)[nH]1. The zero-order valence-electron chi connectivity index (χ0n) is 14.2. The second-order valence-electron chi connectivity index (χ2n) is 6.58. The summed E-state index contributed by atoms with van der Waals surface area (Å²) >= 11 is 0. The summed E-state index contributed by atoms with van der Waals surface area (Å²) in [5, 5.41) is 0. The van der Waals surface area contributed by atoms with E-state index in [1.54, 1.807) is 6.20 Å². The van der Waals surface area contributed by atoms with Crippen LogP contribution in [0.5, 0.6) is 0 Å². The van der Waals surface area contributed by atoms with Crippen molar-refractivity contribution in [2.24, 2.45) is 0 Å². The molecule has 1 aliphatic heterocycles. The second-order valence-corrected chi connectivity index (χ2v) is 6.58. The number of aromatic amines is 1. The van der Waals surface area contributed by atoms with Crippen LogP contribution in [-0.4, -0.2) is 32.9 Å². The van der Waals surface area contributed by atoms with Crippen molar-refractivity contribution in [1.29, 1.82) is 0 Å². The van der Waals surface area contributed by atoms with Gasteiger partial charge in [0.15, 0.2) is 0 Å². The molecule has 1 aliphatic rings. The molecule has 5 nitrogen and oxygen atoms in total. The highest BCUT2D eigenvalue weighted by molar-refractivity contribution is 5.52. The van der Waals surface area contributed by atoms with Crippen LogP contribution >= 0.6 is 0 Å². The second kappa shape index (κ2) is 7.17. The lowest BCUT2D eigenvalue weighted by atomic mass is 10.1. The lowest BCUT2D eigenvalue weighted by Crippen LogP contribution is -2.21. The van der Waals surface area contributed by atoms with E-state index in [0.29, 0.717) is 17.2 Å². The van der Waals surface area contributed by atoms with Gasteiger partial charge in [0.2, 0.25) is 0 Å². The Balaban J connectivity index is 1.51. The van der Waals surface area contributed by atoms with E-state index in [4.69, 9.17) is 0 Å². The van der Waals surface area contributed by atoms with Gasteiger partial charge in [-0.25, -0.2) is 9.37 Å². The highest BCUT2D eigenvalue weighted by Gasteiger charge is 2.26. The van der Waals surface area contributed by atoms with Crippen LogP contribution in [0.4, 0.5) is 4.39 Å². The van der Waals surface area contributed by atoms with E-state index in [-0.39, 0.29) is 17.3 Å². The van der Waals surface area contributed by atoms with Crippen molar-refractivity contribution in [3.63, 3.8) is 0 Å². The third-order valence-electron chi connectivity index (χ3n) is 4.67. The first-order valence-corrected chi connectivity index (χ1v) is 8.67. The maximum atomic E-state index is 13.0. The number of likely N-dealkylation sites (tertiary alicyclic amines) is 1. The van der Waals surface area contributed by atoms with Crippen molar-refractivity contribution in [3.05, 3.63) is 82.3 Å². The Morgan fingerprint density at radius 1 is 1.15 bits per heavy atom. The molecule has 3 aromatic rings. The van der Waals surface area contributed by atoms with Crippen LogP contribution in [0.15, 0.2) is 59.5 Å². The van der Waals surface area contributed by atoms with Gasteiger partial charge in [0.25, 0.3) is 5.56 Å². The molecule has 0 bridgehead atoms. The summed E-state index contributed by atoms with van der Waals surface area (Å²) in [6, 6.07) is 13.6. The van der Waals surface area contributed by atoms with Gasteiger partial charge in [-0.2, -0.15) is 0 Å². The van der Waals surface area contributed by atoms with Gasteiger partial charge < -0.3 is 4.98 Å². The first kappa shape index (κ1) is 16.6. The van der Waals surface area contributed by atoms with E-state index in [1.807, 2.05) is 30.3 Å². The van der Waals surface area contributed by atoms with Gasteiger partial charge in [-0.3, -0.25) is 14.7 Å². The number of nitrogens with one attached hydrogen (secondary N) is 1. The van der Waals surface area contributed by atoms with Crippen molar-refractivity contribution >= 4 is 0 Å². The van der Waals surface area contributed by atoms with Gasteiger partial charge >= 0.3 is 0 Å². The van der Waals surface area contributed by atoms with E-state index in [0.717, 1.165) is 31.6 Å². The summed E-state index contributed by atoms with van der Waals surface area (Å²) in [6.45, 7) is 2.49. The summed E-state index contributed by atoms with van der Waals surface area (Å²) in [7, 11) is 0. The molecule has 0 radical (unpaired) electrons. The molecule has 0 spiro atoms. The van der Waals surface area contributed by atoms with Gasteiger partial charge in [0, 0.05) is 31.3 Å². The number of hydrogen-bond acceptors (Lipinski definition) is 4. The maximum Gasteiger partial charge on any atom is 0.251 e. The molecule has 6 heteroatoms. The predicted octanol–water partition coefficient (Wildman–Crippen LogP) is 2.96. The molecule has 26 heavy (non-hydrogen) atoms. The fraction of sp³-hybridized carbons (Fsp3) is 0.250. The molecule has 1 fully saturated rings. The van der Waals surface area contributed by atoms with E-state index < -0.39 is 0 Å². The van der Waals surface area contributed by atoms with Crippen LogP contribution in [-0.2, 0) is 6.54 Å². The average molecular weight is 350 g/mol. The first-order chi connectivity index (χ1) is 12.7. The predicted molar refractivity (Wildman–Crippen MR) is 97.1 cm³/mol. The molecule has 132 valence electrons. The largest absolute Gasteiger partial charge is 0.310 e. The van der Waals surface area contributed by atoms with Crippen LogP contribution in [0, 0.1) is 5.82 Å². The van der Waals surface area contributed by atoms with E-state index >= 15 is 0 Å². The molecular formula is C20H19FN4O. The lowest BCUT2D eigenvalue weighted by molar-refractivity contribution is 0.325. The minimum absolute atomic E-state index is 0.160. The number of nitrogens with zero attached hydrogens (tertiary/aromatic N) is 3. The molecule has 2 aromatic heterocycles. The van der Waals surface area contributed by atoms with E-state index in [9.17, 15) is 9.18 Å². The molecule has 0 amide bonds. The zero-order chi connectivity index (χ0) is 17.9. The third-order valence-corrected chi connectivity index (χ3v) is 4.67. The minimum Gasteiger partial charge on any atom is -0.310 e. The van der Waals surface area contributed by atoms with Crippen molar-refractivity contribution < 1.29 is 4.39 Å². The zero-order valence-corrected chi connectivity index (χ0v) is 14.2. The minimum atomic E-state index is -0.221. The van der Waals surface area contributed by atoms with Gasteiger partial charge in [-0.1, -0.05) is 18.2 Å². The Morgan fingerprint density at radius 2 is 2.00 bits per heavy atom. The van der Waals surface area contributed by atoms with Crippen LogP contribution < -0.4 is 5.56 Å². The fourth-order valence-electron chi connectivity index (χ4n) is 3.36. The Bertz CT molecular complexity index is 940. The normalized spacial score (nSPS) is 17.5. The molecule has 0 saturated carbocycles. The number of H-pyrrole nitrogens is 1. The Labute approximate surface area is 150 Å². The maximum absolute atomic E-state index is 13.0. The van der Waals surface area contributed by atoms with Crippen molar-refractivity contribution in [2.75, 3.05) is 13.1 Å². The molecule has 1 aromatic carbocycles. The highest BCUT2D eigenvalue weighted by atomic mass is 19.1. The lowest BCUT2D eigenvalue weighted by Gasteiger charge is -2.16. The Morgan fingerprint density at radius 3 is 2.77 bits per heavy atom. The van der Waals surface area contributed by atoms with Gasteiger partial charge in [-0.05, 0) is 42.8 Å². The topological polar surface area (TPSA) is 61.9 Å². The average Bonchev–Trinajstić information content (AvgIpc) is 3.12. The number of pyridine rings is 1. The summed E-state index contributed by atoms with van der Waals surface area (Å²) < 4.78 is 13.0. The summed E-state index contributed by atoms with van der Waals surface area (Å²) in [4.78, 5) is 26.2. The summed E-state index contributed by atoms with van der Waals surface area (Å²) in [5.41, 5.74) is 2.21. The number of hydrogen-bond donors (Lipinski definition) is 1. The third kappa shape index (κ3) is 3.70. The monoisotopic (exact) mass is 350 g/mol. The van der Waals surface area contributed by atoms with Gasteiger partial charge in [0.05, 0.1) is 11.4 Å². The van der Waals surface area contributed by atoms with E-state index in [1.165, 1.54) is 18.2 Å². The van der Waals surface area contributed by atoms with Crippen molar-refractivity contribution in [2.45, 2.75) is 18.9 Å². The molecule has 1 atom stereocenters. The molecule has 3 heterocycles. The van der Waals surface area contributed by atoms with E-state index in [2.05, 4.69) is 19.9 Å². The number of rotatable bonds is 4. The molecule has 0 aliphatic carbocycles. The molecular weight excluding hydrogens is 331 g/mol. The van der Waals surface area contributed by atoms with Crippen LogP contribution in [0.1, 0.15) is 23.7 Å². The number of aromatic nitrogens is 3. The fourth-order valence-corrected chi connectivity index (χ4v) is 3.36. The molecule has 1 N–H and O–H groups in total. The number of halogens is 1. The summed E-state index contributed by atoms with van der Waals surface area (Å²) in [5.74, 6) is 0.660. The standard InChI is InChI=1S/C20H19FN4O/c21-16-6-4-14(5-7-16)12-25-10-8-15(13-25)20-23-18(11-19(26)24-20)17-3-1-2-9-22-17/h1-7,9,11,15H,8,10,12-13H2,(H,23,24,26)/t15-/m0/s1. The quantitative estimate of drug-likeness (QED) is 0.786. The first-order valence-electron chi connectivity index (χ1n) is 8.67. The molecule has 0 unspecified atom stereocenters. The number of benzene rings is 1. The van der Waals surface area contributed by atoms with Crippen molar-refractivity contribution in [3.8, 4) is 11.4 Å². The van der Waals surface area contributed by atoms with Crippen molar-refractivity contribution in [1.82, 2.24) is 19.9 Å². The highest BCUT2D eigenvalue weighted by Crippen LogP contribution is 2.26. The van der Waals surface area contributed by atoms with Gasteiger partial charge in [-0.15, -0.1) is 0 Å². The Hall–Kier alpha value is -2.86.